The fourth-order valence-electron chi connectivity index (χ4n) is 2.22. The molecule has 3 heterocycles. The van der Waals surface area contributed by atoms with Gasteiger partial charge in [0.15, 0.2) is 0 Å². The van der Waals surface area contributed by atoms with E-state index >= 15 is 0 Å². The Morgan fingerprint density at radius 1 is 1.44 bits per heavy atom. The molecule has 3 N–H and O–H groups in total. The number of imidazole rings is 1. The summed E-state index contributed by atoms with van der Waals surface area (Å²) in [6, 6.07) is 0. The summed E-state index contributed by atoms with van der Waals surface area (Å²) in [7, 11) is 0. The highest BCUT2D eigenvalue weighted by Crippen LogP contribution is 2.19. The van der Waals surface area contributed by atoms with Crippen molar-refractivity contribution in [3.8, 4) is 0 Å². The Morgan fingerprint density at radius 3 is 3.11 bits per heavy atom. The topological polar surface area (TPSA) is 85.8 Å². The number of rotatable bonds is 1. The molecule has 0 bridgehead atoms. The van der Waals surface area contributed by atoms with E-state index in [1.54, 1.807) is 18.6 Å². The third-order valence-electron chi connectivity index (χ3n) is 3.13. The Hall–Kier alpha value is -2.21. The van der Waals surface area contributed by atoms with Crippen LogP contribution in [0.3, 0.4) is 0 Å². The Kier molecular flexibility index (Phi) is 2.56. The number of nitrogens with two attached hydrogens (primary N) is 1. The summed E-state index contributed by atoms with van der Waals surface area (Å²) in [4.78, 5) is 20.4. The highest BCUT2D eigenvalue weighted by Gasteiger charge is 2.20. The molecule has 0 unspecified atom stereocenters. The number of anilines is 1. The largest absolute Gasteiger partial charge is 0.369 e. The van der Waals surface area contributed by atoms with Crippen LogP contribution in [-0.4, -0.2) is 27.0 Å². The van der Waals surface area contributed by atoms with Gasteiger partial charge in [-0.2, -0.15) is 0 Å². The third-order valence-corrected chi connectivity index (χ3v) is 3.13. The van der Waals surface area contributed by atoms with E-state index in [9.17, 15) is 4.79 Å². The zero-order valence-electron chi connectivity index (χ0n) is 9.76. The standard InChI is InChI=1S/C12H13N5O/c13-12-16-3-4-17(12)11(18)10-7-15-6-8-5-14-2-1-9(8)10/h3-4,6-7,14H,1-2,5H2,(H2,13,16). The molecule has 0 aliphatic carbocycles. The summed E-state index contributed by atoms with van der Waals surface area (Å²) in [6.45, 7) is 1.62. The van der Waals surface area contributed by atoms with Crippen molar-refractivity contribution in [3.05, 3.63) is 41.5 Å². The maximum Gasteiger partial charge on any atom is 0.266 e. The second-order valence-electron chi connectivity index (χ2n) is 4.21. The van der Waals surface area contributed by atoms with Crippen LogP contribution in [0.1, 0.15) is 21.5 Å². The summed E-state index contributed by atoms with van der Waals surface area (Å²) >= 11 is 0. The molecule has 0 saturated carbocycles. The van der Waals surface area contributed by atoms with Crippen molar-refractivity contribution in [2.24, 2.45) is 0 Å². The summed E-state index contributed by atoms with van der Waals surface area (Å²) in [6.07, 6.45) is 7.31. The van der Waals surface area contributed by atoms with E-state index in [4.69, 9.17) is 5.73 Å². The van der Waals surface area contributed by atoms with E-state index in [-0.39, 0.29) is 11.9 Å². The number of pyridine rings is 1. The maximum atomic E-state index is 12.4. The van der Waals surface area contributed by atoms with Gasteiger partial charge < -0.3 is 11.1 Å². The Morgan fingerprint density at radius 2 is 2.33 bits per heavy atom. The molecular weight excluding hydrogens is 230 g/mol. The van der Waals surface area contributed by atoms with Crippen LogP contribution in [0.4, 0.5) is 5.95 Å². The van der Waals surface area contributed by atoms with E-state index in [2.05, 4.69) is 15.3 Å². The minimum atomic E-state index is -0.170. The average molecular weight is 243 g/mol. The Balaban J connectivity index is 2.07. The lowest BCUT2D eigenvalue weighted by Crippen LogP contribution is -2.27. The smallest absolute Gasteiger partial charge is 0.266 e. The third kappa shape index (κ3) is 1.67. The fourth-order valence-corrected chi connectivity index (χ4v) is 2.22. The van der Waals surface area contributed by atoms with E-state index in [1.165, 1.54) is 10.8 Å². The van der Waals surface area contributed by atoms with E-state index < -0.39 is 0 Å². The molecule has 2 aromatic heterocycles. The molecule has 1 aliphatic heterocycles. The van der Waals surface area contributed by atoms with Crippen molar-refractivity contribution in [3.63, 3.8) is 0 Å². The van der Waals surface area contributed by atoms with Crippen molar-refractivity contribution in [2.75, 3.05) is 12.3 Å². The van der Waals surface area contributed by atoms with Crippen LogP contribution in [0.25, 0.3) is 0 Å². The summed E-state index contributed by atoms with van der Waals surface area (Å²) < 4.78 is 1.35. The van der Waals surface area contributed by atoms with Gasteiger partial charge in [-0.25, -0.2) is 4.98 Å². The number of carbonyl (C=O) groups excluding carboxylic acids is 1. The van der Waals surface area contributed by atoms with Crippen molar-refractivity contribution in [1.29, 1.82) is 0 Å². The van der Waals surface area contributed by atoms with Gasteiger partial charge in [-0.05, 0) is 24.1 Å². The number of nitrogens with one attached hydrogen (secondary N) is 1. The van der Waals surface area contributed by atoms with Crippen molar-refractivity contribution < 1.29 is 4.79 Å². The second-order valence-corrected chi connectivity index (χ2v) is 4.21. The van der Waals surface area contributed by atoms with Gasteiger partial charge in [0.25, 0.3) is 5.91 Å². The molecular formula is C12H13N5O. The van der Waals surface area contributed by atoms with Crippen LogP contribution in [0.2, 0.25) is 0 Å². The predicted octanol–water partition coefficient (Wildman–Crippen LogP) is 0.194. The van der Waals surface area contributed by atoms with Gasteiger partial charge in [-0.3, -0.25) is 14.3 Å². The molecule has 92 valence electrons. The lowest BCUT2D eigenvalue weighted by atomic mass is 9.98. The predicted molar refractivity (Wildman–Crippen MR) is 66.0 cm³/mol. The van der Waals surface area contributed by atoms with Crippen LogP contribution < -0.4 is 11.1 Å². The maximum absolute atomic E-state index is 12.4. The van der Waals surface area contributed by atoms with Crippen LogP contribution in [0.5, 0.6) is 0 Å². The fraction of sp³-hybridized carbons (Fsp3) is 0.250. The molecule has 1 aliphatic rings. The SMILES string of the molecule is Nc1nccn1C(=O)c1cncc2c1CCNC2. The normalized spacial score (nSPS) is 14.2. The van der Waals surface area contributed by atoms with E-state index in [0.717, 1.165) is 30.6 Å². The molecule has 0 amide bonds. The average Bonchev–Trinajstić information content (AvgIpc) is 2.83. The number of nitrogen functional groups attached to an aromatic ring is 1. The highest BCUT2D eigenvalue weighted by atomic mass is 16.2. The number of hydrogen-bond donors (Lipinski definition) is 2. The molecule has 2 aromatic rings. The second kappa shape index (κ2) is 4.23. The van der Waals surface area contributed by atoms with Crippen LogP contribution in [0, 0.1) is 0 Å². The minimum absolute atomic E-state index is 0.170. The lowest BCUT2D eigenvalue weighted by molar-refractivity contribution is 0.0961. The summed E-state index contributed by atoms with van der Waals surface area (Å²) in [5, 5.41) is 3.26. The number of nitrogens with zero attached hydrogens (tertiary/aromatic N) is 3. The quantitative estimate of drug-likeness (QED) is 0.747. The van der Waals surface area contributed by atoms with Crippen LogP contribution in [-0.2, 0) is 13.0 Å². The first-order chi connectivity index (χ1) is 8.77. The van der Waals surface area contributed by atoms with E-state index in [0.29, 0.717) is 5.56 Å². The van der Waals surface area contributed by atoms with Crippen molar-refractivity contribution in [1.82, 2.24) is 19.9 Å². The zero-order valence-corrected chi connectivity index (χ0v) is 9.76. The van der Waals surface area contributed by atoms with Crippen molar-refractivity contribution >= 4 is 11.9 Å². The lowest BCUT2D eigenvalue weighted by Gasteiger charge is -2.19. The molecule has 0 atom stereocenters. The number of fused-ring (bicyclic) bond motifs is 1. The molecule has 0 radical (unpaired) electrons. The zero-order chi connectivity index (χ0) is 12.5. The number of hydrogen-bond acceptors (Lipinski definition) is 5. The number of aromatic nitrogens is 3. The van der Waals surface area contributed by atoms with Gasteiger partial charge in [-0.1, -0.05) is 0 Å². The monoisotopic (exact) mass is 243 g/mol. The van der Waals surface area contributed by atoms with Gasteiger partial charge in [0.05, 0.1) is 5.56 Å². The first-order valence-electron chi connectivity index (χ1n) is 5.77. The molecule has 3 rings (SSSR count). The Bertz CT molecular complexity index is 604. The number of carbonyl (C=O) groups is 1. The Labute approximate surface area is 104 Å². The van der Waals surface area contributed by atoms with Crippen LogP contribution in [0.15, 0.2) is 24.8 Å². The van der Waals surface area contributed by atoms with Gasteiger partial charge in [0, 0.05) is 31.3 Å². The molecule has 0 fully saturated rings. The van der Waals surface area contributed by atoms with Crippen molar-refractivity contribution in [2.45, 2.75) is 13.0 Å². The molecule has 6 nitrogen and oxygen atoms in total. The first kappa shape index (κ1) is 10.9. The summed E-state index contributed by atoms with van der Waals surface area (Å²) in [5.74, 6) is 0.0304. The van der Waals surface area contributed by atoms with Gasteiger partial charge >= 0.3 is 0 Å². The molecule has 0 aromatic carbocycles. The van der Waals surface area contributed by atoms with E-state index in [1.807, 2.05) is 0 Å². The molecule has 18 heavy (non-hydrogen) atoms. The van der Waals surface area contributed by atoms with Gasteiger partial charge in [0.2, 0.25) is 5.95 Å². The summed E-state index contributed by atoms with van der Waals surface area (Å²) in [5.41, 5.74) is 8.40. The minimum Gasteiger partial charge on any atom is -0.369 e. The van der Waals surface area contributed by atoms with Gasteiger partial charge in [-0.15, -0.1) is 0 Å². The molecule has 0 spiro atoms. The first-order valence-corrected chi connectivity index (χ1v) is 5.77. The van der Waals surface area contributed by atoms with Crippen LogP contribution >= 0.6 is 0 Å². The molecule has 6 heteroatoms. The molecule has 0 saturated heterocycles. The highest BCUT2D eigenvalue weighted by molar-refractivity contribution is 5.98. The van der Waals surface area contributed by atoms with Gasteiger partial charge in [0.1, 0.15) is 0 Å².